The number of rotatable bonds is 3. The molecule has 23 heavy (non-hydrogen) atoms. The fourth-order valence-electron chi connectivity index (χ4n) is 3.60. The predicted molar refractivity (Wildman–Crippen MR) is 94.5 cm³/mol. The number of hydrogen-bond acceptors (Lipinski definition) is 3. The molecule has 4 heteroatoms. The molecular weight excluding hydrogens is 287 g/mol. The van der Waals surface area contributed by atoms with E-state index in [4.69, 9.17) is 14.0 Å². The molecule has 0 radical (unpaired) electrons. The van der Waals surface area contributed by atoms with E-state index in [9.17, 15) is 0 Å². The molecule has 2 aliphatic rings. The van der Waals surface area contributed by atoms with Crippen molar-refractivity contribution in [3.63, 3.8) is 0 Å². The van der Waals surface area contributed by atoms with Gasteiger partial charge in [0.15, 0.2) is 0 Å². The van der Waals surface area contributed by atoms with Crippen molar-refractivity contribution < 1.29 is 14.0 Å². The zero-order valence-corrected chi connectivity index (χ0v) is 15.1. The molecule has 1 aromatic carbocycles. The van der Waals surface area contributed by atoms with Crippen LogP contribution in [0.3, 0.4) is 0 Å². The minimum absolute atomic E-state index is 0.330. The Hall–Kier alpha value is -0.995. The summed E-state index contributed by atoms with van der Waals surface area (Å²) in [5, 5.41) is 0. The third kappa shape index (κ3) is 3.16. The summed E-state index contributed by atoms with van der Waals surface area (Å²) in [6, 6.07) is 6.53. The van der Waals surface area contributed by atoms with Gasteiger partial charge in [-0.05, 0) is 58.1 Å². The van der Waals surface area contributed by atoms with Crippen LogP contribution in [0.15, 0.2) is 18.2 Å². The summed E-state index contributed by atoms with van der Waals surface area (Å²) in [6.45, 7) is 8.35. The number of methoxy groups -OCH3 is 1. The van der Waals surface area contributed by atoms with Gasteiger partial charge < -0.3 is 14.0 Å². The van der Waals surface area contributed by atoms with E-state index >= 15 is 0 Å². The molecule has 0 unspecified atom stereocenters. The van der Waals surface area contributed by atoms with Crippen LogP contribution in [0.4, 0.5) is 0 Å². The molecule has 0 amide bonds. The molecule has 0 bridgehead atoms. The molecule has 126 valence electrons. The highest BCUT2D eigenvalue weighted by molar-refractivity contribution is 6.63. The number of hydrogen-bond donors (Lipinski definition) is 0. The first-order valence-electron chi connectivity index (χ1n) is 8.87. The van der Waals surface area contributed by atoms with Crippen LogP contribution in [0, 0.1) is 0 Å². The molecule has 1 saturated heterocycles. The molecule has 0 atom stereocenters. The van der Waals surface area contributed by atoms with E-state index < -0.39 is 0 Å². The minimum Gasteiger partial charge on any atom is -0.497 e. The minimum atomic E-state index is -0.363. The Balaban J connectivity index is 1.91. The van der Waals surface area contributed by atoms with Gasteiger partial charge in [0.2, 0.25) is 0 Å². The molecule has 1 aliphatic carbocycles. The van der Waals surface area contributed by atoms with Gasteiger partial charge in [-0.15, -0.1) is 0 Å². The third-order valence-electron chi connectivity index (χ3n) is 5.84. The van der Waals surface area contributed by atoms with Gasteiger partial charge in [-0.25, -0.2) is 0 Å². The summed E-state index contributed by atoms with van der Waals surface area (Å²) in [4.78, 5) is 0. The fraction of sp³-hybridized carbons (Fsp3) is 0.684. The topological polar surface area (TPSA) is 27.7 Å². The van der Waals surface area contributed by atoms with E-state index in [0.29, 0.717) is 5.92 Å². The molecule has 1 aliphatic heterocycles. The summed E-state index contributed by atoms with van der Waals surface area (Å²) < 4.78 is 18.0. The lowest BCUT2D eigenvalue weighted by Crippen LogP contribution is -2.41. The van der Waals surface area contributed by atoms with E-state index in [1.54, 1.807) is 7.11 Å². The van der Waals surface area contributed by atoms with Crippen LogP contribution in [0.1, 0.15) is 71.3 Å². The van der Waals surface area contributed by atoms with Crippen LogP contribution in [0.5, 0.6) is 5.75 Å². The first-order chi connectivity index (χ1) is 10.8. The molecule has 3 nitrogen and oxygen atoms in total. The Bertz CT molecular complexity index is 546. The SMILES string of the molecule is COc1ccc(C2CCCCC2)cc1B1OC(C)(C)C(C)(C)O1. The number of benzene rings is 1. The van der Waals surface area contributed by atoms with Crippen molar-refractivity contribution in [3.05, 3.63) is 23.8 Å². The first kappa shape index (κ1) is 16.8. The zero-order valence-electron chi connectivity index (χ0n) is 15.1. The lowest BCUT2D eigenvalue weighted by Gasteiger charge is -2.32. The highest BCUT2D eigenvalue weighted by Gasteiger charge is 2.52. The Kier molecular flexibility index (Phi) is 4.50. The van der Waals surface area contributed by atoms with Crippen molar-refractivity contribution in [2.45, 2.75) is 76.9 Å². The largest absolute Gasteiger partial charge is 0.498 e. The van der Waals surface area contributed by atoms with Crippen molar-refractivity contribution in [2.75, 3.05) is 7.11 Å². The van der Waals surface area contributed by atoms with Crippen molar-refractivity contribution in [1.29, 1.82) is 0 Å². The monoisotopic (exact) mass is 316 g/mol. The maximum atomic E-state index is 6.23. The van der Waals surface area contributed by atoms with Gasteiger partial charge in [0, 0.05) is 5.46 Å². The first-order valence-corrected chi connectivity index (χ1v) is 8.87. The van der Waals surface area contributed by atoms with Gasteiger partial charge in [-0.1, -0.05) is 31.4 Å². The van der Waals surface area contributed by atoms with Crippen molar-refractivity contribution >= 4 is 12.6 Å². The van der Waals surface area contributed by atoms with Gasteiger partial charge in [0.05, 0.1) is 18.3 Å². The van der Waals surface area contributed by atoms with Gasteiger partial charge in [0.1, 0.15) is 5.75 Å². The highest BCUT2D eigenvalue weighted by Crippen LogP contribution is 2.38. The van der Waals surface area contributed by atoms with E-state index in [-0.39, 0.29) is 18.3 Å². The second-order valence-corrected chi connectivity index (χ2v) is 7.92. The summed E-state index contributed by atoms with van der Waals surface area (Å²) in [5.74, 6) is 1.51. The molecule has 0 aromatic heterocycles. The standard InChI is InChI=1S/C19H29BO3/c1-18(2)19(3,4)23-20(22-18)16-13-15(11-12-17(16)21-5)14-9-7-6-8-10-14/h11-14H,6-10H2,1-5H3. The van der Waals surface area contributed by atoms with Crippen molar-refractivity contribution in [1.82, 2.24) is 0 Å². The van der Waals surface area contributed by atoms with Crippen LogP contribution in [-0.4, -0.2) is 25.4 Å². The van der Waals surface area contributed by atoms with Crippen LogP contribution in [0.2, 0.25) is 0 Å². The van der Waals surface area contributed by atoms with E-state index in [2.05, 4.69) is 45.9 Å². The lowest BCUT2D eigenvalue weighted by molar-refractivity contribution is 0.00578. The molecule has 1 saturated carbocycles. The van der Waals surface area contributed by atoms with E-state index in [1.807, 2.05) is 0 Å². The Morgan fingerprint density at radius 1 is 1.00 bits per heavy atom. The average molecular weight is 316 g/mol. The van der Waals surface area contributed by atoms with E-state index in [1.165, 1.54) is 37.7 Å². The maximum absolute atomic E-state index is 6.23. The zero-order chi connectivity index (χ0) is 16.7. The van der Waals surface area contributed by atoms with Gasteiger partial charge in [-0.3, -0.25) is 0 Å². The summed E-state index contributed by atoms with van der Waals surface area (Å²) in [7, 11) is 1.35. The van der Waals surface area contributed by atoms with Gasteiger partial charge >= 0.3 is 7.12 Å². The predicted octanol–water partition coefficient (Wildman–Crippen LogP) is 4.04. The molecule has 3 rings (SSSR count). The average Bonchev–Trinajstić information content (AvgIpc) is 2.75. The van der Waals surface area contributed by atoms with Gasteiger partial charge in [-0.2, -0.15) is 0 Å². The third-order valence-corrected chi connectivity index (χ3v) is 5.84. The molecule has 0 spiro atoms. The lowest BCUT2D eigenvalue weighted by atomic mass is 9.75. The highest BCUT2D eigenvalue weighted by atomic mass is 16.7. The molecule has 0 N–H and O–H groups in total. The second kappa shape index (κ2) is 6.14. The Morgan fingerprint density at radius 3 is 2.17 bits per heavy atom. The van der Waals surface area contributed by atoms with Gasteiger partial charge in [0.25, 0.3) is 0 Å². The van der Waals surface area contributed by atoms with Crippen LogP contribution in [-0.2, 0) is 9.31 Å². The smallest absolute Gasteiger partial charge is 0.497 e. The normalized spacial score (nSPS) is 24.0. The molecule has 2 fully saturated rings. The van der Waals surface area contributed by atoms with Crippen LogP contribution >= 0.6 is 0 Å². The Labute approximate surface area is 140 Å². The summed E-state index contributed by atoms with van der Waals surface area (Å²) in [6.07, 6.45) is 6.62. The van der Waals surface area contributed by atoms with Crippen LogP contribution < -0.4 is 10.2 Å². The molecule has 1 aromatic rings. The quantitative estimate of drug-likeness (QED) is 0.788. The Morgan fingerprint density at radius 2 is 1.61 bits per heavy atom. The van der Waals surface area contributed by atoms with Crippen LogP contribution in [0.25, 0.3) is 0 Å². The second-order valence-electron chi connectivity index (χ2n) is 7.92. The molecule has 1 heterocycles. The fourth-order valence-corrected chi connectivity index (χ4v) is 3.60. The summed E-state index contributed by atoms with van der Waals surface area (Å²) >= 11 is 0. The van der Waals surface area contributed by atoms with Crippen molar-refractivity contribution in [3.8, 4) is 5.75 Å². The summed E-state index contributed by atoms with van der Waals surface area (Å²) in [5.41, 5.74) is 1.76. The number of ether oxygens (including phenoxy) is 1. The van der Waals surface area contributed by atoms with Crippen molar-refractivity contribution in [2.24, 2.45) is 0 Å². The molecular formula is C19H29BO3. The van der Waals surface area contributed by atoms with E-state index in [0.717, 1.165) is 11.2 Å². The maximum Gasteiger partial charge on any atom is 0.498 e.